The van der Waals surface area contributed by atoms with E-state index in [1.54, 1.807) is 0 Å². The molecule has 1 aliphatic carbocycles. The summed E-state index contributed by atoms with van der Waals surface area (Å²) in [5, 5.41) is 5.83. The minimum absolute atomic E-state index is 0.0587. The molecule has 1 saturated carbocycles. The number of benzene rings is 1. The first kappa shape index (κ1) is 13.0. The van der Waals surface area contributed by atoms with Gasteiger partial charge < -0.3 is 16.4 Å². The molecule has 2 amide bonds. The van der Waals surface area contributed by atoms with Crippen LogP contribution in [0.2, 0.25) is 0 Å². The molecule has 5 heteroatoms. The third-order valence-electron chi connectivity index (χ3n) is 4.24. The van der Waals surface area contributed by atoms with Gasteiger partial charge in [-0.05, 0) is 37.0 Å². The molecule has 20 heavy (non-hydrogen) atoms. The lowest BCUT2D eigenvalue weighted by atomic mass is 9.94. The fraction of sp³-hybridized carbons (Fsp3) is 0.467. The first-order valence-electron chi connectivity index (χ1n) is 7.04. The largest absolute Gasteiger partial charge is 0.399 e. The summed E-state index contributed by atoms with van der Waals surface area (Å²) >= 11 is 0. The van der Waals surface area contributed by atoms with Gasteiger partial charge >= 0.3 is 0 Å². The molecule has 1 aliphatic heterocycles. The summed E-state index contributed by atoms with van der Waals surface area (Å²) in [4.78, 5) is 23.5. The average Bonchev–Trinajstić information content (AvgIpc) is 3.15. The van der Waals surface area contributed by atoms with Gasteiger partial charge in [0.25, 0.3) is 0 Å². The molecular formula is C15H19N3O2. The zero-order valence-electron chi connectivity index (χ0n) is 11.3. The Hall–Kier alpha value is -2.04. The summed E-state index contributed by atoms with van der Waals surface area (Å²) in [7, 11) is 0. The normalized spacial score (nSPS) is 23.2. The summed E-state index contributed by atoms with van der Waals surface area (Å²) in [6, 6.07) is 7.60. The second-order valence-corrected chi connectivity index (χ2v) is 5.72. The van der Waals surface area contributed by atoms with Crippen molar-refractivity contribution in [3.05, 3.63) is 29.8 Å². The minimum atomic E-state index is -0.379. The molecule has 1 unspecified atom stereocenters. The van der Waals surface area contributed by atoms with Crippen molar-refractivity contribution in [3.8, 4) is 0 Å². The SMILES string of the molecule is Nc1ccc(C2(C(=O)NCC3CCC(=O)N3)CC2)cc1. The smallest absolute Gasteiger partial charge is 0.230 e. The number of rotatable bonds is 4. The van der Waals surface area contributed by atoms with Crippen molar-refractivity contribution in [1.29, 1.82) is 0 Å². The van der Waals surface area contributed by atoms with Gasteiger partial charge in [-0.3, -0.25) is 9.59 Å². The van der Waals surface area contributed by atoms with Gasteiger partial charge in [-0.15, -0.1) is 0 Å². The number of nitrogens with two attached hydrogens (primary N) is 1. The number of nitrogen functional groups attached to an aromatic ring is 1. The minimum Gasteiger partial charge on any atom is -0.399 e. The van der Waals surface area contributed by atoms with Gasteiger partial charge in [0.1, 0.15) is 0 Å². The van der Waals surface area contributed by atoms with Gasteiger partial charge in [0.2, 0.25) is 11.8 Å². The molecule has 2 fully saturated rings. The van der Waals surface area contributed by atoms with Crippen molar-refractivity contribution in [1.82, 2.24) is 10.6 Å². The predicted octanol–water partition coefficient (Wildman–Crippen LogP) is 0.695. The first-order valence-corrected chi connectivity index (χ1v) is 7.04. The number of amides is 2. The second-order valence-electron chi connectivity index (χ2n) is 5.72. The Morgan fingerprint density at radius 3 is 2.60 bits per heavy atom. The second kappa shape index (κ2) is 4.81. The van der Waals surface area contributed by atoms with Crippen molar-refractivity contribution in [3.63, 3.8) is 0 Å². The Balaban J connectivity index is 1.61. The topological polar surface area (TPSA) is 84.2 Å². The summed E-state index contributed by atoms with van der Waals surface area (Å²) in [5.41, 5.74) is 7.04. The van der Waals surface area contributed by atoms with E-state index in [2.05, 4.69) is 10.6 Å². The van der Waals surface area contributed by atoms with E-state index in [9.17, 15) is 9.59 Å². The Bertz CT molecular complexity index is 535. The Morgan fingerprint density at radius 2 is 2.05 bits per heavy atom. The van der Waals surface area contributed by atoms with Crippen LogP contribution in [0.25, 0.3) is 0 Å². The van der Waals surface area contributed by atoms with Crippen LogP contribution in [0, 0.1) is 0 Å². The van der Waals surface area contributed by atoms with E-state index in [1.807, 2.05) is 24.3 Å². The molecule has 1 atom stereocenters. The molecule has 2 aliphatic rings. The van der Waals surface area contributed by atoms with Gasteiger partial charge in [-0.1, -0.05) is 12.1 Å². The van der Waals surface area contributed by atoms with E-state index in [0.29, 0.717) is 18.7 Å². The van der Waals surface area contributed by atoms with Gasteiger partial charge in [-0.2, -0.15) is 0 Å². The van der Waals surface area contributed by atoms with Crippen LogP contribution in [-0.2, 0) is 15.0 Å². The number of carbonyl (C=O) groups is 2. The molecule has 1 aromatic carbocycles. The summed E-state index contributed by atoms with van der Waals surface area (Å²) in [6.45, 7) is 0.515. The average molecular weight is 273 g/mol. The maximum absolute atomic E-state index is 12.4. The van der Waals surface area contributed by atoms with Crippen LogP contribution in [0.15, 0.2) is 24.3 Å². The molecule has 3 rings (SSSR count). The van der Waals surface area contributed by atoms with E-state index in [1.165, 1.54) is 0 Å². The maximum atomic E-state index is 12.4. The molecule has 0 aromatic heterocycles. The highest BCUT2D eigenvalue weighted by Crippen LogP contribution is 2.48. The summed E-state index contributed by atoms with van der Waals surface area (Å²) in [6.07, 6.45) is 3.11. The summed E-state index contributed by atoms with van der Waals surface area (Å²) < 4.78 is 0. The first-order chi connectivity index (χ1) is 9.60. The predicted molar refractivity (Wildman–Crippen MR) is 75.9 cm³/mol. The standard InChI is InChI=1S/C15H19N3O2/c16-11-3-1-10(2-4-11)15(7-8-15)14(20)17-9-12-5-6-13(19)18-12/h1-4,12H,5-9,16H2,(H,17,20)(H,18,19). The molecule has 0 radical (unpaired) electrons. The maximum Gasteiger partial charge on any atom is 0.230 e. The lowest BCUT2D eigenvalue weighted by molar-refractivity contribution is -0.124. The van der Waals surface area contributed by atoms with Crippen LogP contribution in [0.3, 0.4) is 0 Å². The van der Waals surface area contributed by atoms with Crippen LogP contribution in [0.5, 0.6) is 0 Å². The highest BCUT2D eigenvalue weighted by atomic mass is 16.2. The molecule has 106 valence electrons. The zero-order valence-corrected chi connectivity index (χ0v) is 11.3. The van der Waals surface area contributed by atoms with E-state index < -0.39 is 0 Å². The number of hydrogen-bond acceptors (Lipinski definition) is 3. The number of hydrogen-bond donors (Lipinski definition) is 3. The van der Waals surface area contributed by atoms with Crippen LogP contribution in [-0.4, -0.2) is 24.4 Å². The van der Waals surface area contributed by atoms with Gasteiger partial charge in [0, 0.05) is 24.7 Å². The quantitative estimate of drug-likeness (QED) is 0.706. The van der Waals surface area contributed by atoms with E-state index in [-0.39, 0.29) is 23.3 Å². The van der Waals surface area contributed by atoms with Crippen molar-refractivity contribution in [2.24, 2.45) is 0 Å². The van der Waals surface area contributed by atoms with Crippen molar-refractivity contribution >= 4 is 17.5 Å². The lowest BCUT2D eigenvalue weighted by Crippen LogP contribution is -2.42. The Kier molecular flexibility index (Phi) is 3.12. The monoisotopic (exact) mass is 273 g/mol. The zero-order chi connectivity index (χ0) is 14.2. The number of anilines is 1. The molecule has 1 aromatic rings. The molecule has 5 nitrogen and oxygen atoms in total. The lowest BCUT2D eigenvalue weighted by Gasteiger charge is -2.18. The third kappa shape index (κ3) is 2.35. The van der Waals surface area contributed by atoms with Crippen molar-refractivity contribution in [2.45, 2.75) is 37.1 Å². The van der Waals surface area contributed by atoms with Crippen molar-refractivity contribution < 1.29 is 9.59 Å². The van der Waals surface area contributed by atoms with E-state index >= 15 is 0 Å². The van der Waals surface area contributed by atoms with Crippen LogP contribution in [0.1, 0.15) is 31.2 Å². The van der Waals surface area contributed by atoms with Crippen LogP contribution < -0.4 is 16.4 Å². The van der Waals surface area contributed by atoms with Gasteiger partial charge in [-0.25, -0.2) is 0 Å². The van der Waals surface area contributed by atoms with Crippen LogP contribution in [0.4, 0.5) is 5.69 Å². The number of nitrogens with one attached hydrogen (secondary N) is 2. The molecular weight excluding hydrogens is 254 g/mol. The molecule has 1 saturated heterocycles. The summed E-state index contributed by atoms with van der Waals surface area (Å²) in [5.74, 6) is 0.132. The highest BCUT2D eigenvalue weighted by molar-refractivity contribution is 5.91. The molecule has 0 bridgehead atoms. The molecule has 4 N–H and O–H groups in total. The van der Waals surface area contributed by atoms with Gasteiger partial charge in [0.15, 0.2) is 0 Å². The molecule has 0 spiro atoms. The number of carbonyl (C=O) groups excluding carboxylic acids is 2. The van der Waals surface area contributed by atoms with Gasteiger partial charge in [0.05, 0.1) is 5.41 Å². The van der Waals surface area contributed by atoms with Crippen molar-refractivity contribution in [2.75, 3.05) is 12.3 Å². The molecule has 1 heterocycles. The fourth-order valence-corrected chi connectivity index (χ4v) is 2.79. The Labute approximate surface area is 117 Å². The fourth-order valence-electron chi connectivity index (χ4n) is 2.79. The van der Waals surface area contributed by atoms with E-state index in [4.69, 9.17) is 5.73 Å². The van der Waals surface area contributed by atoms with E-state index in [0.717, 1.165) is 24.8 Å². The highest BCUT2D eigenvalue weighted by Gasteiger charge is 2.51. The van der Waals surface area contributed by atoms with Crippen LogP contribution >= 0.6 is 0 Å². The third-order valence-corrected chi connectivity index (χ3v) is 4.24. The Morgan fingerprint density at radius 1 is 1.35 bits per heavy atom.